The van der Waals surface area contributed by atoms with Crippen molar-refractivity contribution in [2.24, 2.45) is 5.92 Å². The molecule has 92 valence electrons. The molecule has 1 fully saturated rings. The van der Waals surface area contributed by atoms with Crippen molar-refractivity contribution in [2.75, 3.05) is 13.2 Å². The SMILES string of the molecule is CCOP(=O)(OCC)C1=C2CCCCC2C1. The summed E-state index contributed by atoms with van der Waals surface area (Å²) in [5, 5.41) is 1.00. The van der Waals surface area contributed by atoms with Crippen LogP contribution in [0.15, 0.2) is 10.9 Å². The van der Waals surface area contributed by atoms with Gasteiger partial charge in [-0.25, -0.2) is 0 Å². The predicted molar refractivity (Wildman–Crippen MR) is 64.5 cm³/mol. The molecule has 0 aromatic carbocycles. The normalized spacial score (nSPS) is 25.2. The molecule has 1 unspecified atom stereocenters. The van der Waals surface area contributed by atoms with Crippen LogP contribution in [-0.2, 0) is 13.6 Å². The summed E-state index contributed by atoms with van der Waals surface area (Å²) in [6.07, 6.45) is 5.84. The van der Waals surface area contributed by atoms with Crippen molar-refractivity contribution in [3.63, 3.8) is 0 Å². The largest absolute Gasteiger partial charge is 0.357 e. The number of allylic oxidation sites excluding steroid dienone is 2. The molecule has 1 atom stereocenters. The lowest BCUT2D eigenvalue weighted by molar-refractivity contribution is 0.220. The molecule has 0 saturated heterocycles. The van der Waals surface area contributed by atoms with Gasteiger partial charge in [0, 0.05) is 5.31 Å². The maximum absolute atomic E-state index is 12.5. The molecule has 2 aliphatic rings. The third-order valence-electron chi connectivity index (χ3n) is 3.48. The highest BCUT2D eigenvalue weighted by Gasteiger charge is 2.42. The number of hydrogen-bond donors (Lipinski definition) is 0. The van der Waals surface area contributed by atoms with Crippen molar-refractivity contribution >= 4 is 7.60 Å². The summed E-state index contributed by atoms with van der Waals surface area (Å²) in [7, 11) is -2.93. The average Bonchev–Trinajstić information content (AvgIpc) is 2.20. The minimum atomic E-state index is -2.93. The van der Waals surface area contributed by atoms with Crippen LogP contribution in [0, 0.1) is 5.92 Å². The van der Waals surface area contributed by atoms with E-state index in [4.69, 9.17) is 9.05 Å². The second-order valence-corrected chi connectivity index (χ2v) is 6.50. The van der Waals surface area contributed by atoms with Crippen LogP contribution in [-0.4, -0.2) is 13.2 Å². The van der Waals surface area contributed by atoms with E-state index in [9.17, 15) is 4.57 Å². The van der Waals surface area contributed by atoms with E-state index in [0.29, 0.717) is 19.1 Å². The fourth-order valence-corrected chi connectivity index (χ4v) is 4.90. The Hall–Kier alpha value is -0.110. The zero-order valence-corrected chi connectivity index (χ0v) is 11.1. The molecule has 0 bridgehead atoms. The van der Waals surface area contributed by atoms with Crippen LogP contribution in [0.3, 0.4) is 0 Å². The molecular formula is C12H21O3P. The van der Waals surface area contributed by atoms with Gasteiger partial charge in [0.05, 0.1) is 13.2 Å². The lowest BCUT2D eigenvalue weighted by atomic mass is 9.74. The Balaban J connectivity index is 2.18. The van der Waals surface area contributed by atoms with Crippen molar-refractivity contribution in [3.8, 4) is 0 Å². The molecule has 0 radical (unpaired) electrons. The summed E-state index contributed by atoms with van der Waals surface area (Å²) in [5.41, 5.74) is 1.39. The van der Waals surface area contributed by atoms with E-state index in [1.807, 2.05) is 13.8 Å². The highest BCUT2D eigenvalue weighted by molar-refractivity contribution is 7.58. The van der Waals surface area contributed by atoms with Gasteiger partial charge in [0.1, 0.15) is 0 Å². The summed E-state index contributed by atoms with van der Waals surface area (Å²) in [4.78, 5) is 0. The number of fused-ring (bicyclic) bond motifs is 1. The van der Waals surface area contributed by atoms with Crippen LogP contribution in [0.2, 0.25) is 0 Å². The van der Waals surface area contributed by atoms with E-state index in [-0.39, 0.29) is 0 Å². The quantitative estimate of drug-likeness (QED) is 0.683. The summed E-state index contributed by atoms with van der Waals surface area (Å²) in [6, 6.07) is 0. The second kappa shape index (κ2) is 5.03. The molecule has 1 saturated carbocycles. The third-order valence-corrected chi connectivity index (χ3v) is 5.81. The molecular weight excluding hydrogens is 223 g/mol. The topological polar surface area (TPSA) is 35.5 Å². The van der Waals surface area contributed by atoms with Crippen molar-refractivity contribution in [3.05, 3.63) is 10.9 Å². The van der Waals surface area contributed by atoms with Gasteiger partial charge < -0.3 is 9.05 Å². The Morgan fingerprint density at radius 2 is 1.94 bits per heavy atom. The van der Waals surface area contributed by atoms with E-state index < -0.39 is 7.60 Å². The molecule has 2 rings (SSSR count). The molecule has 2 aliphatic carbocycles. The van der Waals surface area contributed by atoms with Gasteiger partial charge in [0.15, 0.2) is 0 Å². The van der Waals surface area contributed by atoms with Crippen LogP contribution in [0.25, 0.3) is 0 Å². The van der Waals surface area contributed by atoms with Crippen molar-refractivity contribution < 1.29 is 13.6 Å². The maximum atomic E-state index is 12.5. The molecule has 16 heavy (non-hydrogen) atoms. The molecule has 0 spiro atoms. The van der Waals surface area contributed by atoms with Crippen LogP contribution in [0.4, 0.5) is 0 Å². The van der Waals surface area contributed by atoms with Gasteiger partial charge in [-0.15, -0.1) is 0 Å². The van der Waals surface area contributed by atoms with Crippen LogP contribution < -0.4 is 0 Å². The third kappa shape index (κ3) is 2.13. The van der Waals surface area contributed by atoms with E-state index in [2.05, 4.69) is 0 Å². The van der Waals surface area contributed by atoms with Crippen LogP contribution in [0.1, 0.15) is 46.0 Å². The predicted octanol–water partition coefficient (Wildman–Crippen LogP) is 4.10. The molecule has 3 nitrogen and oxygen atoms in total. The number of rotatable bonds is 5. The minimum absolute atomic E-state index is 0.457. The van der Waals surface area contributed by atoms with E-state index in [1.165, 1.54) is 24.8 Å². The van der Waals surface area contributed by atoms with Gasteiger partial charge in [0.2, 0.25) is 0 Å². The summed E-state index contributed by atoms with van der Waals surface area (Å²) in [5.74, 6) is 0.679. The van der Waals surface area contributed by atoms with Gasteiger partial charge in [-0.2, -0.15) is 0 Å². The lowest BCUT2D eigenvalue weighted by Crippen LogP contribution is -2.23. The van der Waals surface area contributed by atoms with E-state index >= 15 is 0 Å². The standard InChI is InChI=1S/C12H21O3P/c1-3-14-16(13,15-4-2)12-9-10-7-5-6-8-11(10)12/h10H,3-9H2,1-2H3. The molecule has 0 amide bonds. The second-order valence-electron chi connectivity index (χ2n) is 4.45. The first-order chi connectivity index (χ1) is 7.71. The molecule has 0 aliphatic heterocycles. The first kappa shape index (κ1) is 12.3. The minimum Gasteiger partial charge on any atom is -0.306 e. The maximum Gasteiger partial charge on any atom is 0.357 e. The Morgan fingerprint density at radius 1 is 1.25 bits per heavy atom. The van der Waals surface area contributed by atoms with Crippen molar-refractivity contribution in [1.29, 1.82) is 0 Å². The molecule has 0 aromatic rings. The fourth-order valence-electron chi connectivity index (χ4n) is 2.74. The molecule has 0 aromatic heterocycles. The smallest absolute Gasteiger partial charge is 0.306 e. The molecule has 4 heteroatoms. The first-order valence-electron chi connectivity index (χ1n) is 6.33. The Kier molecular flexibility index (Phi) is 3.89. The lowest BCUT2D eigenvalue weighted by Gasteiger charge is -2.39. The van der Waals surface area contributed by atoms with Gasteiger partial charge >= 0.3 is 7.60 Å². The van der Waals surface area contributed by atoms with E-state index in [1.54, 1.807) is 0 Å². The van der Waals surface area contributed by atoms with Crippen molar-refractivity contribution in [2.45, 2.75) is 46.0 Å². The average molecular weight is 244 g/mol. The molecule has 0 N–H and O–H groups in total. The highest BCUT2D eigenvalue weighted by atomic mass is 31.2. The first-order valence-corrected chi connectivity index (χ1v) is 7.87. The summed E-state index contributed by atoms with van der Waals surface area (Å²) < 4.78 is 23.3. The number of hydrogen-bond acceptors (Lipinski definition) is 3. The Morgan fingerprint density at radius 3 is 2.50 bits per heavy atom. The highest BCUT2D eigenvalue weighted by Crippen LogP contribution is 2.66. The Labute approximate surface area is 97.7 Å². The van der Waals surface area contributed by atoms with Crippen LogP contribution in [0.5, 0.6) is 0 Å². The van der Waals surface area contributed by atoms with E-state index in [0.717, 1.165) is 18.2 Å². The van der Waals surface area contributed by atoms with Gasteiger partial charge in [-0.05, 0) is 45.4 Å². The van der Waals surface area contributed by atoms with Gasteiger partial charge in [0.25, 0.3) is 0 Å². The van der Waals surface area contributed by atoms with Crippen molar-refractivity contribution in [1.82, 2.24) is 0 Å². The fraction of sp³-hybridized carbons (Fsp3) is 0.833. The van der Waals surface area contributed by atoms with Gasteiger partial charge in [-0.1, -0.05) is 12.0 Å². The molecule has 0 heterocycles. The summed E-state index contributed by atoms with van der Waals surface area (Å²) in [6.45, 7) is 4.65. The monoisotopic (exact) mass is 244 g/mol. The Bertz CT molecular complexity index is 325. The summed E-state index contributed by atoms with van der Waals surface area (Å²) >= 11 is 0. The van der Waals surface area contributed by atoms with Gasteiger partial charge in [-0.3, -0.25) is 4.57 Å². The zero-order valence-electron chi connectivity index (χ0n) is 10.2. The zero-order chi connectivity index (χ0) is 11.6. The van der Waals surface area contributed by atoms with Crippen LogP contribution >= 0.6 is 7.60 Å².